The van der Waals surface area contributed by atoms with E-state index < -0.39 is 0 Å². The zero-order valence-corrected chi connectivity index (χ0v) is 60.2. The molecule has 0 aliphatic heterocycles. The third kappa shape index (κ3) is 11.8. The maximum atomic E-state index is 5.96. The first kappa shape index (κ1) is 66.1. The molecule has 0 spiro atoms. The molecule has 0 atom stereocenters. The molecule has 0 saturated carbocycles. The number of furan rings is 5. The Morgan fingerprint density at radius 3 is 1.05 bits per heavy atom. The van der Waals surface area contributed by atoms with E-state index in [4.69, 9.17) is 44.2 Å². The van der Waals surface area contributed by atoms with E-state index in [1.165, 1.54) is 0 Å². The van der Waals surface area contributed by atoms with Gasteiger partial charge in [-0.2, -0.15) is 19.1 Å². The van der Waals surface area contributed by atoms with Gasteiger partial charge in [-0.05, 0) is 98.8 Å². The van der Waals surface area contributed by atoms with Gasteiger partial charge < -0.3 is 44.2 Å². The Kier molecular flexibility index (Phi) is 16.5. The SMILES string of the molecule is Cc1nc2c(o1)oc1c(-c3ccnc[n+]3C)c(C)ccc12.Cc1nc2c(o1)oc1c(-c3cncc[n+]3C)c(C)ccc12.Cc1nc2c(o1)oc1cc(-c3ccnc[n+]3C)c(C)cc12.Cc1nc2oc3c(-c4ccnc[n+]4C)c(C)ccc3c2o1.Cc1nc2oc3c(-c4cncc[n+]4C)c(C)ccc3c2o1. The summed E-state index contributed by atoms with van der Waals surface area (Å²) in [7, 11) is 9.90. The van der Waals surface area contributed by atoms with Crippen LogP contribution in [0.2, 0.25) is 0 Å². The maximum Gasteiger partial charge on any atom is 0.319 e. The second kappa shape index (κ2) is 26.2. The van der Waals surface area contributed by atoms with Gasteiger partial charge in [-0.3, -0.25) is 9.97 Å². The van der Waals surface area contributed by atoms with Gasteiger partial charge in [0.1, 0.15) is 55.4 Å². The molecule has 105 heavy (non-hydrogen) atoms. The van der Waals surface area contributed by atoms with E-state index in [0.717, 1.165) is 156 Å². The van der Waals surface area contributed by atoms with Crippen LogP contribution in [0.25, 0.3) is 168 Å². The smallest absolute Gasteiger partial charge is 0.319 e. The van der Waals surface area contributed by atoms with Gasteiger partial charge in [-0.25, -0.2) is 28.7 Å². The molecule has 20 aromatic rings. The molecule has 15 aromatic heterocycles. The predicted molar refractivity (Wildman–Crippen MR) is 388 cm³/mol. The zero-order valence-electron chi connectivity index (χ0n) is 60.2. The zero-order chi connectivity index (χ0) is 72.8. The number of aromatic nitrogens is 15. The van der Waals surface area contributed by atoms with E-state index in [1.807, 2.05) is 166 Å². The van der Waals surface area contributed by atoms with Crippen LogP contribution in [0.15, 0.2) is 198 Å². The van der Waals surface area contributed by atoms with Crippen molar-refractivity contribution in [3.8, 4) is 56.3 Å². The normalized spacial score (nSPS) is 11.6. The molecule has 520 valence electrons. The minimum atomic E-state index is 0.473. The summed E-state index contributed by atoms with van der Waals surface area (Å²) in [4.78, 5) is 42.6. The first-order valence-electron chi connectivity index (χ1n) is 33.7. The Labute approximate surface area is 597 Å². The van der Waals surface area contributed by atoms with Crippen LogP contribution >= 0.6 is 0 Å². The standard InChI is InChI=1S/5C16H14N3O2/c1-9-6-12-14(21-16-15(12)18-10(2)20-16)7-11(9)13-4-5-17-8-19(13)3;1-9-4-5-11-14-16(20-10(2)18-14)21-15(11)13(9)12-8-17-6-7-19(12)3;1-9-4-5-11-14(21-16-15(11)20-10(2)18-16)13(9)12-8-17-6-7-19(12)3;1-9-4-5-11-14-16(20-10(2)18-14)21-15(11)13(9)12-6-7-17-8-19(12)3;1-9-4-5-11-14(21-16-15(11)20-10(2)18-16)13(9)12-6-7-17-8-19(12)3/h5*4-8H,1-3H3/q5*+1. The number of nitrogens with zero attached hydrogens (tertiary/aromatic N) is 15. The Hall–Kier alpha value is -13.5. The lowest BCUT2D eigenvalue weighted by Crippen LogP contribution is -2.31. The van der Waals surface area contributed by atoms with Crippen molar-refractivity contribution in [1.29, 1.82) is 0 Å². The number of fused-ring (bicyclic) bond motifs is 15. The summed E-state index contributed by atoms with van der Waals surface area (Å²) < 4.78 is 67.3. The monoisotopic (exact) mass is 1400 g/mol. The molecule has 20 rings (SSSR count). The summed E-state index contributed by atoms with van der Waals surface area (Å²) in [5.74, 6) is 4.50. The van der Waals surface area contributed by atoms with Gasteiger partial charge in [0.05, 0.1) is 95.1 Å². The van der Waals surface area contributed by atoms with Crippen molar-refractivity contribution in [3.05, 3.63) is 211 Å². The van der Waals surface area contributed by atoms with Crippen LogP contribution < -0.4 is 22.8 Å². The number of hydrogen-bond donors (Lipinski definition) is 0. The van der Waals surface area contributed by atoms with Crippen molar-refractivity contribution in [2.75, 3.05) is 0 Å². The Morgan fingerprint density at radius 1 is 0.276 bits per heavy atom. The fraction of sp³-hybridized carbons (Fsp3) is 0.188. The molecule has 0 fully saturated rings. The van der Waals surface area contributed by atoms with Gasteiger partial charge in [0.25, 0.3) is 30.4 Å². The molecule has 25 nitrogen and oxygen atoms in total. The average molecular weight is 1400 g/mol. The van der Waals surface area contributed by atoms with E-state index in [1.54, 1.807) is 50.0 Å². The summed E-state index contributed by atoms with van der Waals surface area (Å²) in [6, 6.07) is 26.5. The van der Waals surface area contributed by atoms with Crippen molar-refractivity contribution >= 4 is 111 Å². The first-order valence-corrected chi connectivity index (χ1v) is 33.7. The predicted octanol–water partition coefficient (Wildman–Crippen LogP) is 15.4. The van der Waals surface area contributed by atoms with Crippen molar-refractivity contribution in [3.63, 3.8) is 0 Å². The van der Waals surface area contributed by atoms with Gasteiger partial charge in [-0.1, -0.05) is 39.2 Å². The molecule has 0 aliphatic carbocycles. The number of aryl methyl sites for hydroxylation is 15. The second-order valence-electron chi connectivity index (χ2n) is 25.9. The topological polar surface area (TPSA) is 280 Å². The highest BCUT2D eigenvalue weighted by Gasteiger charge is 2.28. The van der Waals surface area contributed by atoms with Crippen LogP contribution in [0.3, 0.4) is 0 Å². The van der Waals surface area contributed by atoms with Crippen molar-refractivity contribution in [2.45, 2.75) is 69.2 Å². The van der Waals surface area contributed by atoms with Gasteiger partial charge >= 0.3 is 17.3 Å². The highest BCUT2D eigenvalue weighted by molar-refractivity contribution is 6.10. The average Bonchev–Trinajstić information content (AvgIpc) is 1.46. The Balaban J connectivity index is 0.000000101. The lowest BCUT2D eigenvalue weighted by Gasteiger charge is -2.06. The largest absolute Gasteiger partial charge is 0.437 e. The number of oxazole rings is 5. The van der Waals surface area contributed by atoms with E-state index >= 15 is 0 Å². The summed E-state index contributed by atoms with van der Waals surface area (Å²) in [6.07, 6.45) is 21.7. The summed E-state index contributed by atoms with van der Waals surface area (Å²) in [5, 5.41) is 4.81. The molecule has 0 radical (unpaired) electrons. The number of rotatable bonds is 5. The van der Waals surface area contributed by atoms with Gasteiger partial charge in [0.15, 0.2) is 80.7 Å². The third-order valence-electron chi connectivity index (χ3n) is 18.6. The fourth-order valence-electron chi connectivity index (χ4n) is 13.5. The molecular weight excluding hydrogens is 1330 g/mol. The van der Waals surface area contributed by atoms with E-state index in [0.29, 0.717) is 69.4 Å². The minimum Gasteiger partial charge on any atom is -0.437 e. The lowest BCUT2D eigenvalue weighted by atomic mass is 10.0. The van der Waals surface area contributed by atoms with E-state index in [2.05, 4.69) is 115 Å². The van der Waals surface area contributed by atoms with Crippen LogP contribution in [-0.4, -0.2) is 49.8 Å². The van der Waals surface area contributed by atoms with Crippen LogP contribution in [0, 0.1) is 69.2 Å². The number of hydrogen-bond acceptors (Lipinski definition) is 20. The Morgan fingerprint density at radius 2 is 0.638 bits per heavy atom. The van der Waals surface area contributed by atoms with Crippen molar-refractivity contribution in [1.82, 2.24) is 49.8 Å². The quantitative estimate of drug-likeness (QED) is 0.145. The fourth-order valence-corrected chi connectivity index (χ4v) is 13.5. The highest BCUT2D eigenvalue weighted by Crippen LogP contribution is 2.42. The van der Waals surface area contributed by atoms with Crippen molar-refractivity contribution in [2.24, 2.45) is 35.2 Å². The minimum absolute atomic E-state index is 0.473. The molecule has 0 aliphatic rings. The van der Waals surface area contributed by atoms with Crippen LogP contribution in [-0.2, 0) is 35.2 Å². The van der Waals surface area contributed by atoms with Gasteiger partial charge in [0, 0.05) is 58.4 Å². The van der Waals surface area contributed by atoms with Crippen LogP contribution in [0.5, 0.6) is 0 Å². The first-order chi connectivity index (χ1) is 50.7. The number of benzene rings is 5. The lowest BCUT2D eigenvalue weighted by molar-refractivity contribution is -0.663. The molecule has 0 bridgehead atoms. The molecular formula is C80H70N15O10+5. The molecule has 15 heterocycles. The molecule has 5 aromatic carbocycles. The Bertz CT molecular complexity index is 6140. The van der Waals surface area contributed by atoms with Gasteiger partial charge in [-0.15, -0.1) is 0 Å². The van der Waals surface area contributed by atoms with Gasteiger partial charge in [0.2, 0.25) is 22.6 Å². The second-order valence-corrected chi connectivity index (χ2v) is 25.9. The van der Waals surface area contributed by atoms with Crippen LogP contribution in [0.4, 0.5) is 0 Å². The molecule has 0 N–H and O–H groups in total. The van der Waals surface area contributed by atoms with E-state index in [9.17, 15) is 0 Å². The molecule has 0 amide bonds. The van der Waals surface area contributed by atoms with Crippen LogP contribution in [0.1, 0.15) is 57.3 Å². The summed E-state index contributed by atoms with van der Waals surface area (Å²) >= 11 is 0. The summed E-state index contributed by atoms with van der Waals surface area (Å²) in [5.41, 5.74) is 24.9. The maximum absolute atomic E-state index is 5.96. The summed E-state index contributed by atoms with van der Waals surface area (Å²) in [6.45, 7) is 19.4. The van der Waals surface area contributed by atoms with E-state index in [-0.39, 0.29) is 0 Å². The van der Waals surface area contributed by atoms with Crippen molar-refractivity contribution < 1.29 is 67.0 Å². The highest BCUT2D eigenvalue weighted by atomic mass is 16.5. The third-order valence-corrected chi connectivity index (χ3v) is 18.6. The molecule has 0 unspecified atom stereocenters. The molecule has 0 saturated heterocycles. The molecule has 25 heteroatoms.